The van der Waals surface area contributed by atoms with Crippen molar-refractivity contribution in [2.75, 3.05) is 26.8 Å². The molecule has 0 unspecified atom stereocenters. The average molecular weight is 370 g/mol. The predicted octanol–water partition coefficient (Wildman–Crippen LogP) is 1.41. The quantitative estimate of drug-likeness (QED) is 0.788. The number of likely N-dealkylation sites (tertiary alicyclic amines) is 1. The number of benzene rings is 1. The van der Waals surface area contributed by atoms with Gasteiger partial charge in [-0.05, 0) is 37.8 Å². The minimum Gasteiger partial charge on any atom is -0.493 e. The van der Waals surface area contributed by atoms with Crippen LogP contribution in [0.4, 0.5) is 0 Å². The summed E-state index contributed by atoms with van der Waals surface area (Å²) >= 11 is 6.21. The van der Waals surface area contributed by atoms with Crippen LogP contribution in [0.1, 0.15) is 30.1 Å². The fourth-order valence-electron chi connectivity index (χ4n) is 2.93. The maximum absolute atomic E-state index is 12.8. The van der Waals surface area contributed by atoms with Crippen molar-refractivity contribution in [2.45, 2.75) is 25.8 Å². The van der Waals surface area contributed by atoms with E-state index < -0.39 is 5.91 Å². The third kappa shape index (κ3) is 4.76. The standard InChI is InChI=1S/C17H24ClN3O4/c1-10(19)11-4-3-5-21(8-11)17(23)12-6-13(18)16(14(7-12)24-2)25-9-15(20)22/h6-7,10-11H,3-5,8-9,19H2,1-2H3,(H2,20,22)/t10-,11-/m1/s1. The van der Waals surface area contributed by atoms with Gasteiger partial charge >= 0.3 is 0 Å². The molecule has 0 spiro atoms. The summed E-state index contributed by atoms with van der Waals surface area (Å²) in [6.45, 7) is 2.94. The van der Waals surface area contributed by atoms with E-state index in [-0.39, 0.29) is 41.0 Å². The van der Waals surface area contributed by atoms with Crippen molar-refractivity contribution < 1.29 is 19.1 Å². The number of piperidine rings is 1. The zero-order valence-corrected chi connectivity index (χ0v) is 15.2. The molecule has 0 saturated carbocycles. The van der Waals surface area contributed by atoms with Gasteiger partial charge in [0, 0.05) is 24.7 Å². The van der Waals surface area contributed by atoms with Crippen molar-refractivity contribution in [3.05, 3.63) is 22.7 Å². The molecule has 2 atom stereocenters. The molecule has 7 nitrogen and oxygen atoms in total. The number of hydrogen-bond donors (Lipinski definition) is 2. The van der Waals surface area contributed by atoms with Gasteiger partial charge in [-0.1, -0.05) is 11.6 Å². The van der Waals surface area contributed by atoms with Crippen LogP contribution in [0.5, 0.6) is 11.5 Å². The van der Waals surface area contributed by atoms with E-state index in [1.165, 1.54) is 13.2 Å². The van der Waals surface area contributed by atoms with E-state index in [1.54, 1.807) is 11.0 Å². The Kier molecular flexibility index (Phi) is 6.50. The number of primary amides is 1. The van der Waals surface area contributed by atoms with Crippen LogP contribution in [0.3, 0.4) is 0 Å². The van der Waals surface area contributed by atoms with Crippen LogP contribution in [-0.4, -0.2) is 49.6 Å². The monoisotopic (exact) mass is 369 g/mol. The minimum atomic E-state index is -0.631. The molecule has 0 aromatic heterocycles. The Morgan fingerprint density at radius 2 is 2.16 bits per heavy atom. The summed E-state index contributed by atoms with van der Waals surface area (Å²) in [5.41, 5.74) is 11.5. The molecule has 1 aliphatic rings. The highest BCUT2D eigenvalue weighted by molar-refractivity contribution is 6.32. The van der Waals surface area contributed by atoms with Gasteiger partial charge in [-0.25, -0.2) is 0 Å². The van der Waals surface area contributed by atoms with Crippen molar-refractivity contribution in [1.29, 1.82) is 0 Å². The van der Waals surface area contributed by atoms with Crippen LogP contribution in [0.2, 0.25) is 5.02 Å². The van der Waals surface area contributed by atoms with Crippen LogP contribution in [0.15, 0.2) is 12.1 Å². The van der Waals surface area contributed by atoms with Gasteiger partial charge in [-0.15, -0.1) is 0 Å². The van der Waals surface area contributed by atoms with Crippen LogP contribution >= 0.6 is 11.6 Å². The highest BCUT2D eigenvalue weighted by Crippen LogP contribution is 2.37. The summed E-state index contributed by atoms with van der Waals surface area (Å²) in [7, 11) is 1.43. The van der Waals surface area contributed by atoms with Gasteiger partial charge in [0.15, 0.2) is 18.1 Å². The molecule has 0 bridgehead atoms. The number of halogens is 1. The molecule has 0 aliphatic carbocycles. The van der Waals surface area contributed by atoms with Crippen LogP contribution in [-0.2, 0) is 4.79 Å². The first-order valence-electron chi connectivity index (χ1n) is 8.17. The largest absolute Gasteiger partial charge is 0.493 e. The molecule has 1 fully saturated rings. The van der Waals surface area contributed by atoms with E-state index in [2.05, 4.69) is 0 Å². The number of rotatable bonds is 6. The Balaban J connectivity index is 2.22. The number of nitrogens with two attached hydrogens (primary N) is 2. The fraction of sp³-hybridized carbons (Fsp3) is 0.529. The second kappa shape index (κ2) is 8.40. The minimum absolute atomic E-state index is 0.0401. The molecule has 25 heavy (non-hydrogen) atoms. The van der Waals surface area contributed by atoms with Gasteiger partial charge < -0.3 is 25.8 Å². The molecule has 2 rings (SSSR count). The molecule has 1 aromatic rings. The van der Waals surface area contributed by atoms with Crippen molar-refractivity contribution >= 4 is 23.4 Å². The van der Waals surface area contributed by atoms with Gasteiger partial charge in [0.25, 0.3) is 11.8 Å². The van der Waals surface area contributed by atoms with Crippen molar-refractivity contribution in [3.63, 3.8) is 0 Å². The predicted molar refractivity (Wildman–Crippen MR) is 95.0 cm³/mol. The Morgan fingerprint density at radius 1 is 1.44 bits per heavy atom. The number of amides is 2. The van der Waals surface area contributed by atoms with E-state index in [4.69, 9.17) is 32.5 Å². The van der Waals surface area contributed by atoms with E-state index in [9.17, 15) is 9.59 Å². The van der Waals surface area contributed by atoms with E-state index in [0.29, 0.717) is 18.7 Å². The lowest BCUT2D eigenvalue weighted by Gasteiger charge is -2.34. The fourth-order valence-corrected chi connectivity index (χ4v) is 3.20. The molecule has 1 saturated heterocycles. The lowest BCUT2D eigenvalue weighted by molar-refractivity contribution is -0.119. The lowest BCUT2D eigenvalue weighted by atomic mass is 9.92. The van der Waals surface area contributed by atoms with E-state index in [1.807, 2.05) is 6.92 Å². The number of ether oxygens (including phenoxy) is 2. The highest BCUT2D eigenvalue weighted by Gasteiger charge is 2.27. The van der Waals surface area contributed by atoms with Crippen LogP contribution < -0.4 is 20.9 Å². The molecule has 4 N–H and O–H groups in total. The highest BCUT2D eigenvalue weighted by atomic mass is 35.5. The number of methoxy groups -OCH3 is 1. The summed E-state index contributed by atoms with van der Waals surface area (Å²) in [5, 5.41) is 0.185. The average Bonchev–Trinajstić information content (AvgIpc) is 2.59. The van der Waals surface area contributed by atoms with Crippen LogP contribution in [0, 0.1) is 5.92 Å². The first kappa shape index (κ1) is 19.3. The molecule has 1 heterocycles. The summed E-state index contributed by atoms with van der Waals surface area (Å²) < 4.78 is 10.5. The van der Waals surface area contributed by atoms with Crippen molar-refractivity contribution in [3.8, 4) is 11.5 Å². The zero-order valence-electron chi connectivity index (χ0n) is 14.5. The van der Waals surface area contributed by atoms with E-state index >= 15 is 0 Å². The third-order valence-electron chi connectivity index (χ3n) is 4.32. The molecule has 0 radical (unpaired) electrons. The summed E-state index contributed by atoms with van der Waals surface area (Å²) in [4.78, 5) is 25.5. The van der Waals surface area contributed by atoms with Crippen LogP contribution in [0.25, 0.3) is 0 Å². The molecule has 1 aliphatic heterocycles. The molecule has 8 heteroatoms. The SMILES string of the molecule is COc1cc(C(=O)N2CCC[C@@H]([C@@H](C)N)C2)cc(Cl)c1OCC(N)=O. The molecule has 1 aromatic carbocycles. The summed E-state index contributed by atoms with van der Waals surface area (Å²) in [6.07, 6.45) is 1.94. The summed E-state index contributed by atoms with van der Waals surface area (Å²) in [5.74, 6) is -0.0155. The van der Waals surface area contributed by atoms with Crippen molar-refractivity contribution in [1.82, 2.24) is 4.90 Å². The number of carbonyl (C=O) groups excluding carboxylic acids is 2. The van der Waals surface area contributed by atoms with Gasteiger partial charge in [0.1, 0.15) is 0 Å². The van der Waals surface area contributed by atoms with Gasteiger partial charge in [-0.3, -0.25) is 9.59 Å². The topological polar surface area (TPSA) is 108 Å². The first-order chi connectivity index (χ1) is 11.8. The maximum atomic E-state index is 12.8. The Bertz CT molecular complexity index is 651. The Labute approximate surface area is 152 Å². The van der Waals surface area contributed by atoms with Gasteiger partial charge in [0.2, 0.25) is 0 Å². The number of hydrogen-bond acceptors (Lipinski definition) is 5. The second-order valence-corrected chi connectivity index (χ2v) is 6.66. The first-order valence-corrected chi connectivity index (χ1v) is 8.54. The number of nitrogens with zero attached hydrogens (tertiary/aromatic N) is 1. The normalized spacial score (nSPS) is 18.6. The van der Waals surface area contributed by atoms with Gasteiger partial charge in [-0.2, -0.15) is 0 Å². The van der Waals surface area contributed by atoms with Gasteiger partial charge in [0.05, 0.1) is 12.1 Å². The second-order valence-electron chi connectivity index (χ2n) is 6.26. The maximum Gasteiger partial charge on any atom is 0.255 e. The number of carbonyl (C=O) groups is 2. The molecular formula is C17H24ClN3O4. The van der Waals surface area contributed by atoms with Crippen molar-refractivity contribution in [2.24, 2.45) is 17.4 Å². The molecular weight excluding hydrogens is 346 g/mol. The third-order valence-corrected chi connectivity index (χ3v) is 4.60. The molecule has 138 valence electrons. The lowest BCUT2D eigenvalue weighted by Crippen LogP contribution is -2.45. The Hall–Kier alpha value is -1.99. The Morgan fingerprint density at radius 3 is 2.76 bits per heavy atom. The summed E-state index contributed by atoms with van der Waals surface area (Å²) in [6, 6.07) is 3.11. The zero-order chi connectivity index (χ0) is 18.6. The smallest absolute Gasteiger partial charge is 0.255 e. The molecule has 2 amide bonds. The van der Waals surface area contributed by atoms with E-state index in [0.717, 1.165) is 12.8 Å².